The maximum atomic E-state index is 13.4. The second-order valence-electron chi connectivity index (χ2n) is 5.14. The summed E-state index contributed by atoms with van der Waals surface area (Å²) in [6.07, 6.45) is 0. The van der Waals surface area contributed by atoms with Gasteiger partial charge in [-0.15, -0.1) is 0 Å². The van der Waals surface area contributed by atoms with Gasteiger partial charge in [0.2, 0.25) is 0 Å². The predicted molar refractivity (Wildman–Crippen MR) is 83.0 cm³/mol. The molecule has 0 bridgehead atoms. The van der Waals surface area contributed by atoms with Crippen molar-refractivity contribution < 1.29 is 13.9 Å². The zero-order valence-corrected chi connectivity index (χ0v) is 13.2. The summed E-state index contributed by atoms with van der Waals surface area (Å²) in [4.78, 5) is 14.0. The van der Waals surface area contributed by atoms with Crippen molar-refractivity contribution in [2.24, 2.45) is 0 Å². The van der Waals surface area contributed by atoms with Crippen LogP contribution in [0.4, 0.5) is 10.1 Å². The first kappa shape index (κ1) is 17.4. The molecule has 1 unspecified atom stereocenters. The molecule has 21 heavy (non-hydrogen) atoms. The molecule has 1 aromatic rings. The summed E-state index contributed by atoms with van der Waals surface area (Å²) >= 11 is 0. The van der Waals surface area contributed by atoms with Crippen LogP contribution in [0.2, 0.25) is 0 Å². The Morgan fingerprint density at radius 1 is 1.38 bits per heavy atom. The molecule has 4 nitrogen and oxygen atoms in total. The van der Waals surface area contributed by atoms with Gasteiger partial charge in [-0.2, -0.15) is 0 Å². The van der Waals surface area contributed by atoms with E-state index in [-0.39, 0.29) is 17.8 Å². The Morgan fingerprint density at radius 3 is 2.62 bits per heavy atom. The highest BCUT2D eigenvalue weighted by molar-refractivity contribution is 5.76. The molecule has 0 amide bonds. The molecule has 0 radical (unpaired) electrons. The molecule has 0 saturated heterocycles. The number of halogens is 1. The van der Waals surface area contributed by atoms with Crippen LogP contribution in [0.25, 0.3) is 0 Å². The molecule has 1 atom stereocenters. The van der Waals surface area contributed by atoms with Crippen LogP contribution in [0.15, 0.2) is 24.3 Å². The quantitative estimate of drug-likeness (QED) is 0.749. The van der Waals surface area contributed by atoms with Gasteiger partial charge in [-0.3, -0.25) is 4.79 Å². The highest BCUT2D eigenvalue weighted by atomic mass is 19.1. The van der Waals surface area contributed by atoms with Crippen molar-refractivity contribution in [2.45, 2.75) is 39.8 Å². The SMILES string of the molecule is CCOC(=O)C(CN(CC)c1cccc(F)c1)NC(C)C. The lowest BCUT2D eigenvalue weighted by molar-refractivity contribution is -0.145. The van der Waals surface area contributed by atoms with Crippen LogP contribution >= 0.6 is 0 Å². The molecule has 0 fully saturated rings. The maximum Gasteiger partial charge on any atom is 0.324 e. The van der Waals surface area contributed by atoms with Crippen molar-refractivity contribution in [3.63, 3.8) is 0 Å². The van der Waals surface area contributed by atoms with Crippen molar-refractivity contribution in [2.75, 3.05) is 24.6 Å². The Kier molecular flexibility index (Phi) is 7.15. The summed E-state index contributed by atoms with van der Waals surface area (Å²) in [7, 11) is 0. The third kappa shape index (κ3) is 5.71. The number of likely N-dealkylation sites (N-methyl/N-ethyl adjacent to an activating group) is 1. The van der Waals surface area contributed by atoms with Gasteiger partial charge in [0.05, 0.1) is 6.61 Å². The molecule has 0 aliphatic carbocycles. The molecule has 118 valence electrons. The van der Waals surface area contributed by atoms with Crippen LogP contribution in [0.5, 0.6) is 0 Å². The average Bonchev–Trinajstić information content (AvgIpc) is 2.43. The average molecular weight is 296 g/mol. The molecule has 0 aliphatic rings. The Balaban J connectivity index is 2.85. The third-order valence-electron chi connectivity index (χ3n) is 3.06. The highest BCUT2D eigenvalue weighted by Gasteiger charge is 2.23. The molecule has 0 aromatic heterocycles. The number of hydrogen-bond donors (Lipinski definition) is 1. The van der Waals surface area contributed by atoms with Gasteiger partial charge in [0, 0.05) is 24.8 Å². The second kappa shape index (κ2) is 8.62. The highest BCUT2D eigenvalue weighted by Crippen LogP contribution is 2.16. The Hall–Kier alpha value is -1.62. The molecular weight excluding hydrogens is 271 g/mol. The largest absolute Gasteiger partial charge is 0.465 e. The van der Waals surface area contributed by atoms with Gasteiger partial charge in [0.1, 0.15) is 11.9 Å². The number of carbonyl (C=O) groups excluding carboxylic acids is 1. The summed E-state index contributed by atoms with van der Waals surface area (Å²) in [5, 5.41) is 3.20. The van der Waals surface area contributed by atoms with E-state index in [1.54, 1.807) is 13.0 Å². The Bertz CT molecular complexity index is 452. The molecule has 0 heterocycles. The van der Waals surface area contributed by atoms with E-state index in [9.17, 15) is 9.18 Å². The minimum absolute atomic E-state index is 0.158. The first-order valence-corrected chi connectivity index (χ1v) is 7.41. The van der Waals surface area contributed by atoms with Crippen molar-refractivity contribution in [3.8, 4) is 0 Å². The van der Waals surface area contributed by atoms with Crippen molar-refractivity contribution in [3.05, 3.63) is 30.1 Å². The number of nitrogens with one attached hydrogen (secondary N) is 1. The summed E-state index contributed by atoms with van der Waals surface area (Å²) < 4.78 is 18.5. The fourth-order valence-corrected chi connectivity index (χ4v) is 2.15. The Labute approximate surface area is 126 Å². The number of anilines is 1. The first-order chi connectivity index (χ1) is 9.97. The monoisotopic (exact) mass is 296 g/mol. The van der Waals surface area contributed by atoms with Crippen LogP contribution in [-0.4, -0.2) is 37.7 Å². The maximum absolute atomic E-state index is 13.4. The molecule has 5 heteroatoms. The van der Waals surface area contributed by atoms with E-state index in [1.165, 1.54) is 12.1 Å². The third-order valence-corrected chi connectivity index (χ3v) is 3.06. The summed E-state index contributed by atoms with van der Waals surface area (Å²) in [6.45, 7) is 9.18. The van der Waals surface area contributed by atoms with E-state index in [0.717, 1.165) is 5.69 Å². The van der Waals surface area contributed by atoms with E-state index >= 15 is 0 Å². The Morgan fingerprint density at radius 2 is 2.10 bits per heavy atom. The fourth-order valence-electron chi connectivity index (χ4n) is 2.15. The van der Waals surface area contributed by atoms with E-state index in [2.05, 4.69) is 5.32 Å². The van der Waals surface area contributed by atoms with E-state index in [0.29, 0.717) is 19.7 Å². The van der Waals surface area contributed by atoms with Crippen molar-refractivity contribution in [1.82, 2.24) is 5.32 Å². The molecule has 1 rings (SSSR count). The summed E-state index contributed by atoms with van der Waals surface area (Å²) in [5.74, 6) is -0.559. The van der Waals surface area contributed by atoms with Crippen LogP contribution < -0.4 is 10.2 Å². The number of carbonyl (C=O) groups is 1. The molecule has 1 aromatic carbocycles. The molecule has 1 N–H and O–H groups in total. The lowest BCUT2D eigenvalue weighted by Gasteiger charge is -2.29. The second-order valence-corrected chi connectivity index (χ2v) is 5.14. The number of rotatable bonds is 8. The minimum atomic E-state index is -0.437. The van der Waals surface area contributed by atoms with Crippen LogP contribution in [-0.2, 0) is 9.53 Å². The van der Waals surface area contributed by atoms with Gasteiger partial charge < -0.3 is 15.0 Å². The van der Waals surface area contributed by atoms with Gasteiger partial charge in [0.25, 0.3) is 0 Å². The van der Waals surface area contributed by atoms with Gasteiger partial charge in [0.15, 0.2) is 0 Å². The number of benzene rings is 1. The van der Waals surface area contributed by atoms with Gasteiger partial charge >= 0.3 is 5.97 Å². The normalized spacial score (nSPS) is 12.3. The van der Waals surface area contributed by atoms with Crippen LogP contribution in [0.3, 0.4) is 0 Å². The molecule has 0 spiro atoms. The van der Waals surface area contributed by atoms with Gasteiger partial charge in [-0.05, 0) is 32.0 Å². The van der Waals surface area contributed by atoms with E-state index in [1.807, 2.05) is 31.7 Å². The number of nitrogens with zero attached hydrogens (tertiary/aromatic N) is 1. The van der Waals surface area contributed by atoms with E-state index < -0.39 is 6.04 Å². The summed E-state index contributed by atoms with van der Waals surface area (Å²) in [6, 6.07) is 6.11. The number of esters is 1. The minimum Gasteiger partial charge on any atom is -0.465 e. The zero-order chi connectivity index (χ0) is 15.8. The molecule has 0 saturated carbocycles. The number of hydrogen-bond acceptors (Lipinski definition) is 4. The number of ether oxygens (including phenoxy) is 1. The fraction of sp³-hybridized carbons (Fsp3) is 0.562. The molecule has 0 aliphatic heterocycles. The smallest absolute Gasteiger partial charge is 0.324 e. The van der Waals surface area contributed by atoms with Crippen LogP contribution in [0.1, 0.15) is 27.7 Å². The lowest BCUT2D eigenvalue weighted by Crippen LogP contribution is -2.49. The predicted octanol–water partition coefficient (Wildman–Crippen LogP) is 2.58. The van der Waals surface area contributed by atoms with E-state index in [4.69, 9.17) is 4.74 Å². The first-order valence-electron chi connectivity index (χ1n) is 7.41. The zero-order valence-electron chi connectivity index (χ0n) is 13.2. The molecular formula is C16H25FN2O2. The van der Waals surface area contributed by atoms with Gasteiger partial charge in [-0.25, -0.2) is 4.39 Å². The lowest BCUT2D eigenvalue weighted by atomic mass is 10.2. The van der Waals surface area contributed by atoms with Crippen molar-refractivity contribution in [1.29, 1.82) is 0 Å². The van der Waals surface area contributed by atoms with Crippen LogP contribution in [0, 0.1) is 5.82 Å². The van der Waals surface area contributed by atoms with Gasteiger partial charge in [-0.1, -0.05) is 19.9 Å². The standard InChI is InChI=1S/C16H25FN2O2/c1-5-19(14-9-7-8-13(17)10-14)11-15(18-12(3)4)16(20)21-6-2/h7-10,12,15,18H,5-6,11H2,1-4H3. The summed E-state index contributed by atoms with van der Waals surface area (Å²) in [5.41, 5.74) is 0.761. The topological polar surface area (TPSA) is 41.6 Å². The van der Waals surface area contributed by atoms with Crippen molar-refractivity contribution >= 4 is 11.7 Å².